The zero-order valence-electron chi connectivity index (χ0n) is 16.1. The van der Waals surface area contributed by atoms with Crippen molar-refractivity contribution in [3.05, 3.63) is 85.0 Å². The van der Waals surface area contributed by atoms with E-state index in [0.717, 1.165) is 5.56 Å². The van der Waals surface area contributed by atoms with Crippen LogP contribution in [-0.2, 0) is 10.0 Å². The van der Waals surface area contributed by atoms with E-state index in [0.29, 0.717) is 11.3 Å². The van der Waals surface area contributed by atoms with Crippen LogP contribution < -0.4 is 10.6 Å². The first-order chi connectivity index (χ1) is 13.8. The van der Waals surface area contributed by atoms with Crippen molar-refractivity contribution < 1.29 is 13.2 Å². The van der Waals surface area contributed by atoms with Crippen LogP contribution in [0.2, 0.25) is 0 Å². The Kier molecular flexibility index (Phi) is 7.83. The Bertz CT molecular complexity index is 1010. The molecule has 0 bridgehead atoms. The van der Waals surface area contributed by atoms with Crippen molar-refractivity contribution in [2.45, 2.75) is 11.8 Å². The summed E-state index contributed by atoms with van der Waals surface area (Å²) >= 11 is 5.17. The van der Waals surface area contributed by atoms with Crippen molar-refractivity contribution in [1.29, 1.82) is 0 Å². The highest BCUT2D eigenvalue weighted by Gasteiger charge is 2.22. The van der Waals surface area contributed by atoms with E-state index in [1.165, 1.54) is 28.6 Å². The highest BCUT2D eigenvalue weighted by Crippen LogP contribution is 2.18. The number of carbonyl (C=O) groups is 1. The number of nitrogens with one attached hydrogen (secondary N) is 2. The van der Waals surface area contributed by atoms with Crippen LogP contribution in [0.15, 0.2) is 78.7 Å². The van der Waals surface area contributed by atoms with Crippen LogP contribution in [0, 0.1) is 6.92 Å². The minimum atomic E-state index is -3.67. The molecule has 6 nitrogen and oxygen atoms in total. The standard InChI is InChI=1S/C21H23N3O3S2/c1-4-13-24(14-5-2)29(26,27)19-11-9-18(10-12-19)22-21(28)23-20(25)17-8-6-7-16(3)15-17/h4-12,15H,1-2,13-14H2,3H3,(H2,22,23,25,28). The second-order valence-corrected chi connectivity index (χ2v) is 8.55. The molecule has 0 saturated heterocycles. The molecule has 2 rings (SSSR count). The summed E-state index contributed by atoms with van der Waals surface area (Å²) in [6, 6.07) is 13.3. The van der Waals surface area contributed by atoms with Gasteiger partial charge >= 0.3 is 0 Å². The van der Waals surface area contributed by atoms with Crippen LogP contribution in [0.4, 0.5) is 5.69 Å². The fourth-order valence-corrected chi connectivity index (χ4v) is 4.13. The lowest BCUT2D eigenvalue weighted by Gasteiger charge is -2.19. The molecule has 8 heteroatoms. The Morgan fingerprint density at radius 3 is 2.28 bits per heavy atom. The molecule has 0 radical (unpaired) electrons. The fourth-order valence-electron chi connectivity index (χ4n) is 2.54. The minimum Gasteiger partial charge on any atom is -0.332 e. The summed E-state index contributed by atoms with van der Waals surface area (Å²) in [6.45, 7) is 9.44. The predicted octanol–water partition coefficient (Wildman–Crippen LogP) is 3.48. The van der Waals surface area contributed by atoms with Gasteiger partial charge in [0, 0.05) is 24.3 Å². The fraction of sp³-hybridized carbons (Fsp3) is 0.143. The average Bonchev–Trinajstić information content (AvgIpc) is 2.68. The van der Waals surface area contributed by atoms with Crippen LogP contribution >= 0.6 is 12.2 Å². The van der Waals surface area contributed by atoms with E-state index in [9.17, 15) is 13.2 Å². The molecular formula is C21H23N3O3S2. The lowest BCUT2D eigenvalue weighted by molar-refractivity contribution is 0.0977. The summed E-state index contributed by atoms with van der Waals surface area (Å²) in [5.74, 6) is -0.324. The highest BCUT2D eigenvalue weighted by atomic mass is 32.2. The summed E-state index contributed by atoms with van der Waals surface area (Å²) in [5, 5.41) is 5.59. The number of hydrogen-bond donors (Lipinski definition) is 2. The maximum absolute atomic E-state index is 12.7. The normalized spacial score (nSPS) is 11.0. The van der Waals surface area contributed by atoms with Gasteiger partial charge in [0.1, 0.15) is 0 Å². The van der Waals surface area contributed by atoms with Crippen molar-refractivity contribution in [3.8, 4) is 0 Å². The van der Waals surface area contributed by atoms with Gasteiger partial charge < -0.3 is 5.32 Å². The van der Waals surface area contributed by atoms with Crippen molar-refractivity contribution in [2.24, 2.45) is 0 Å². The molecule has 0 spiro atoms. The topological polar surface area (TPSA) is 78.5 Å². The van der Waals surface area contributed by atoms with Gasteiger partial charge in [-0.3, -0.25) is 10.1 Å². The highest BCUT2D eigenvalue weighted by molar-refractivity contribution is 7.89. The summed E-state index contributed by atoms with van der Waals surface area (Å²) < 4.78 is 26.7. The molecule has 0 heterocycles. The molecule has 2 aromatic carbocycles. The summed E-state index contributed by atoms with van der Waals surface area (Å²) in [5.41, 5.74) is 2.02. The van der Waals surface area contributed by atoms with Gasteiger partial charge in [-0.2, -0.15) is 4.31 Å². The third kappa shape index (κ3) is 6.08. The Labute approximate surface area is 177 Å². The molecule has 0 aromatic heterocycles. The first-order valence-electron chi connectivity index (χ1n) is 8.79. The number of anilines is 1. The van der Waals surface area contributed by atoms with Crippen molar-refractivity contribution in [2.75, 3.05) is 18.4 Å². The molecule has 29 heavy (non-hydrogen) atoms. The molecule has 0 fully saturated rings. The molecule has 0 aliphatic rings. The number of aryl methyl sites for hydroxylation is 1. The van der Waals surface area contributed by atoms with E-state index in [4.69, 9.17) is 12.2 Å². The van der Waals surface area contributed by atoms with Crippen LogP contribution in [0.1, 0.15) is 15.9 Å². The van der Waals surface area contributed by atoms with Crippen LogP contribution in [0.3, 0.4) is 0 Å². The summed E-state index contributed by atoms with van der Waals surface area (Å²) in [6.07, 6.45) is 3.04. The molecular weight excluding hydrogens is 406 g/mol. The molecule has 0 atom stereocenters. The second-order valence-electron chi connectivity index (χ2n) is 6.20. The maximum Gasteiger partial charge on any atom is 0.257 e. The van der Waals surface area contributed by atoms with E-state index in [1.807, 2.05) is 13.0 Å². The van der Waals surface area contributed by atoms with Crippen LogP contribution in [-0.4, -0.2) is 36.8 Å². The lowest BCUT2D eigenvalue weighted by Crippen LogP contribution is -2.34. The second kappa shape index (κ2) is 10.1. The monoisotopic (exact) mass is 429 g/mol. The van der Waals surface area contributed by atoms with Crippen molar-refractivity contribution in [3.63, 3.8) is 0 Å². The van der Waals surface area contributed by atoms with Gasteiger partial charge in [-0.15, -0.1) is 13.2 Å². The number of hydrogen-bond acceptors (Lipinski definition) is 4. The number of nitrogens with zero attached hydrogens (tertiary/aromatic N) is 1. The Morgan fingerprint density at radius 1 is 1.10 bits per heavy atom. The van der Waals surface area contributed by atoms with Gasteiger partial charge in [0.25, 0.3) is 5.91 Å². The average molecular weight is 430 g/mol. The Morgan fingerprint density at radius 2 is 1.72 bits per heavy atom. The number of carbonyl (C=O) groups excluding carboxylic acids is 1. The van der Waals surface area contributed by atoms with Gasteiger partial charge in [-0.1, -0.05) is 29.8 Å². The Hall–Kier alpha value is -2.81. The number of rotatable bonds is 8. The minimum absolute atomic E-state index is 0.118. The molecule has 0 aliphatic heterocycles. The number of amides is 1. The van der Waals surface area contributed by atoms with E-state index in [-0.39, 0.29) is 29.0 Å². The third-order valence-corrected chi connectivity index (χ3v) is 5.97. The zero-order chi connectivity index (χ0) is 21.4. The Balaban J connectivity index is 2.06. The summed E-state index contributed by atoms with van der Waals surface area (Å²) in [4.78, 5) is 12.4. The first-order valence-corrected chi connectivity index (χ1v) is 10.6. The molecule has 0 aliphatic carbocycles. The lowest BCUT2D eigenvalue weighted by atomic mass is 10.1. The molecule has 2 aromatic rings. The van der Waals surface area contributed by atoms with E-state index in [1.54, 1.807) is 30.3 Å². The van der Waals surface area contributed by atoms with Crippen LogP contribution in [0.5, 0.6) is 0 Å². The van der Waals surface area contributed by atoms with Crippen molar-refractivity contribution >= 4 is 38.9 Å². The predicted molar refractivity (Wildman–Crippen MR) is 120 cm³/mol. The smallest absolute Gasteiger partial charge is 0.257 e. The SMILES string of the molecule is C=CCN(CC=C)S(=O)(=O)c1ccc(NC(=S)NC(=O)c2cccc(C)c2)cc1. The molecule has 152 valence electrons. The molecule has 2 N–H and O–H groups in total. The quantitative estimate of drug-likeness (QED) is 0.496. The van der Waals surface area contributed by atoms with E-state index < -0.39 is 10.0 Å². The largest absolute Gasteiger partial charge is 0.332 e. The zero-order valence-corrected chi connectivity index (χ0v) is 17.7. The maximum atomic E-state index is 12.7. The summed E-state index contributed by atoms with van der Waals surface area (Å²) in [7, 11) is -3.67. The van der Waals surface area contributed by atoms with Gasteiger partial charge in [-0.05, 0) is 55.5 Å². The van der Waals surface area contributed by atoms with Gasteiger partial charge in [0.2, 0.25) is 10.0 Å². The van der Waals surface area contributed by atoms with Gasteiger partial charge in [-0.25, -0.2) is 8.42 Å². The third-order valence-electron chi connectivity index (χ3n) is 3.92. The first kappa shape index (κ1) is 22.5. The molecule has 1 amide bonds. The van der Waals surface area contributed by atoms with Crippen molar-refractivity contribution in [1.82, 2.24) is 9.62 Å². The van der Waals surface area contributed by atoms with Crippen LogP contribution in [0.25, 0.3) is 0 Å². The van der Waals surface area contributed by atoms with E-state index >= 15 is 0 Å². The van der Waals surface area contributed by atoms with Gasteiger partial charge in [0.15, 0.2) is 5.11 Å². The number of thiocarbonyl (C=S) groups is 1. The van der Waals surface area contributed by atoms with E-state index in [2.05, 4.69) is 23.8 Å². The molecule has 0 saturated carbocycles. The number of sulfonamides is 1. The molecule has 0 unspecified atom stereocenters. The van der Waals surface area contributed by atoms with Gasteiger partial charge in [0.05, 0.1) is 4.90 Å². The number of benzene rings is 2.